The third-order valence-corrected chi connectivity index (χ3v) is 6.07. The Bertz CT molecular complexity index is 1200. The molecule has 158 valence electrons. The van der Waals surface area contributed by atoms with Crippen LogP contribution in [-0.4, -0.2) is 46.4 Å². The molecule has 0 radical (unpaired) electrons. The van der Waals surface area contributed by atoms with Crippen molar-refractivity contribution >= 4 is 11.0 Å². The summed E-state index contributed by atoms with van der Waals surface area (Å²) < 4.78 is 28.2. The van der Waals surface area contributed by atoms with Gasteiger partial charge in [0.2, 0.25) is 0 Å². The Hall–Kier alpha value is -3.09. The van der Waals surface area contributed by atoms with E-state index in [1.54, 1.807) is 6.07 Å². The van der Waals surface area contributed by atoms with E-state index in [1.807, 2.05) is 42.6 Å². The van der Waals surface area contributed by atoms with Gasteiger partial charge in [-0.15, -0.1) is 0 Å². The van der Waals surface area contributed by atoms with Gasteiger partial charge in [-0.3, -0.25) is 4.90 Å². The van der Waals surface area contributed by atoms with E-state index in [0.717, 1.165) is 47.5 Å². The maximum Gasteiger partial charge on any atom is 0.127 e. The zero-order valence-electron chi connectivity index (χ0n) is 17.4. The van der Waals surface area contributed by atoms with Gasteiger partial charge in [-0.2, -0.15) is 0 Å². The smallest absolute Gasteiger partial charge is 0.127 e. The van der Waals surface area contributed by atoms with Crippen LogP contribution in [0.15, 0.2) is 66.9 Å². The number of fused-ring (bicyclic) bond motifs is 1. The SMILES string of the molecule is CN1CCN(Cc2cc(-c3ccc4[nH]ccc4n3)ccc2F)C(c2ccc(F)cc2)C1. The maximum absolute atomic E-state index is 14.8. The minimum Gasteiger partial charge on any atom is -0.360 e. The Morgan fingerprint density at radius 3 is 2.68 bits per heavy atom. The number of halogens is 2. The third kappa shape index (κ3) is 4.09. The molecule has 4 nitrogen and oxygen atoms in total. The second-order valence-corrected chi connectivity index (χ2v) is 8.21. The first-order chi connectivity index (χ1) is 15.1. The minimum absolute atomic E-state index is 0.0803. The summed E-state index contributed by atoms with van der Waals surface area (Å²) in [6.07, 6.45) is 1.86. The number of piperazine rings is 1. The minimum atomic E-state index is -0.245. The number of likely N-dealkylation sites (N-methyl/N-ethyl adjacent to an activating group) is 1. The van der Waals surface area contributed by atoms with Crippen LogP contribution in [0.1, 0.15) is 17.2 Å². The predicted octanol–water partition coefficient (Wildman–Crippen LogP) is 5.00. The number of aromatic nitrogens is 2. The van der Waals surface area contributed by atoms with E-state index >= 15 is 0 Å². The third-order valence-electron chi connectivity index (χ3n) is 6.07. The summed E-state index contributed by atoms with van der Waals surface area (Å²) in [6, 6.07) is 17.8. The number of hydrogen-bond donors (Lipinski definition) is 1. The molecule has 5 rings (SSSR count). The summed E-state index contributed by atoms with van der Waals surface area (Å²) in [5.74, 6) is -0.464. The molecule has 2 aromatic heterocycles. The van der Waals surface area contributed by atoms with E-state index < -0.39 is 0 Å². The molecule has 6 heteroatoms. The normalized spacial score (nSPS) is 18.0. The quantitative estimate of drug-likeness (QED) is 0.507. The Morgan fingerprint density at radius 1 is 1.00 bits per heavy atom. The lowest BCUT2D eigenvalue weighted by atomic mass is 10.0. The van der Waals surface area contributed by atoms with E-state index in [1.165, 1.54) is 18.2 Å². The highest BCUT2D eigenvalue weighted by Crippen LogP contribution is 2.29. The van der Waals surface area contributed by atoms with E-state index in [9.17, 15) is 8.78 Å². The van der Waals surface area contributed by atoms with E-state index in [0.29, 0.717) is 12.1 Å². The summed E-state index contributed by atoms with van der Waals surface area (Å²) in [4.78, 5) is 12.4. The molecule has 1 aliphatic heterocycles. The van der Waals surface area contributed by atoms with E-state index in [-0.39, 0.29) is 17.7 Å². The highest BCUT2D eigenvalue weighted by Gasteiger charge is 2.27. The molecule has 4 aromatic rings. The topological polar surface area (TPSA) is 35.2 Å². The zero-order chi connectivity index (χ0) is 21.4. The van der Waals surface area contributed by atoms with Gasteiger partial charge in [-0.05, 0) is 61.1 Å². The van der Waals surface area contributed by atoms with Gasteiger partial charge >= 0.3 is 0 Å². The predicted molar refractivity (Wildman–Crippen MR) is 119 cm³/mol. The molecule has 1 fully saturated rings. The summed E-state index contributed by atoms with van der Waals surface area (Å²) >= 11 is 0. The van der Waals surface area contributed by atoms with Crippen molar-refractivity contribution in [2.24, 2.45) is 0 Å². The summed E-state index contributed by atoms with van der Waals surface area (Å²) in [5, 5.41) is 0. The van der Waals surface area contributed by atoms with E-state index in [2.05, 4.69) is 21.8 Å². The number of benzene rings is 2. The van der Waals surface area contributed by atoms with Gasteiger partial charge in [-0.25, -0.2) is 13.8 Å². The molecule has 31 heavy (non-hydrogen) atoms. The van der Waals surface area contributed by atoms with Gasteiger partial charge in [0, 0.05) is 49.5 Å². The molecule has 0 spiro atoms. The van der Waals surface area contributed by atoms with Crippen molar-refractivity contribution < 1.29 is 8.78 Å². The van der Waals surface area contributed by atoms with Crippen molar-refractivity contribution in [2.45, 2.75) is 12.6 Å². The second-order valence-electron chi connectivity index (χ2n) is 8.21. The molecule has 1 aliphatic rings. The molecule has 1 saturated heterocycles. The Kier molecular flexibility index (Phi) is 5.26. The molecule has 1 N–H and O–H groups in total. The largest absolute Gasteiger partial charge is 0.360 e. The van der Waals surface area contributed by atoms with Crippen molar-refractivity contribution in [1.29, 1.82) is 0 Å². The molecule has 0 bridgehead atoms. The number of aromatic amines is 1. The Balaban J connectivity index is 1.45. The zero-order valence-corrected chi connectivity index (χ0v) is 17.4. The van der Waals surface area contributed by atoms with Crippen LogP contribution in [0.5, 0.6) is 0 Å². The molecular formula is C25H24F2N4. The van der Waals surface area contributed by atoms with Gasteiger partial charge < -0.3 is 9.88 Å². The van der Waals surface area contributed by atoms with Crippen LogP contribution < -0.4 is 0 Å². The van der Waals surface area contributed by atoms with Gasteiger partial charge in [0.1, 0.15) is 11.6 Å². The van der Waals surface area contributed by atoms with Gasteiger partial charge in [0.05, 0.1) is 16.7 Å². The number of nitrogens with zero attached hydrogens (tertiary/aromatic N) is 3. The lowest BCUT2D eigenvalue weighted by molar-refractivity contribution is 0.0824. The lowest BCUT2D eigenvalue weighted by Gasteiger charge is -2.40. The van der Waals surface area contributed by atoms with E-state index in [4.69, 9.17) is 4.98 Å². The number of pyridine rings is 1. The lowest BCUT2D eigenvalue weighted by Crippen LogP contribution is -2.46. The molecule has 3 heterocycles. The first kappa shape index (κ1) is 19.8. The Morgan fingerprint density at radius 2 is 1.84 bits per heavy atom. The number of rotatable bonds is 4. The molecule has 1 atom stereocenters. The summed E-state index contributed by atoms with van der Waals surface area (Å²) in [6.45, 7) is 3.03. The summed E-state index contributed by atoms with van der Waals surface area (Å²) in [5.41, 5.74) is 5.27. The van der Waals surface area contributed by atoms with Crippen molar-refractivity contribution in [1.82, 2.24) is 19.8 Å². The number of nitrogens with one attached hydrogen (secondary N) is 1. The molecule has 1 unspecified atom stereocenters. The first-order valence-electron chi connectivity index (χ1n) is 10.5. The van der Waals surface area contributed by atoms with Crippen LogP contribution in [0.4, 0.5) is 8.78 Å². The molecular weight excluding hydrogens is 394 g/mol. The maximum atomic E-state index is 14.8. The molecule has 0 amide bonds. The fraction of sp³-hybridized carbons (Fsp3) is 0.240. The fourth-order valence-electron chi connectivity index (χ4n) is 4.32. The molecule has 0 aliphatic carbocycles. The van der Waals surface area contributed by atoms with Gasteiger partial charge in [0.25, 0.3) is 0 Å². The highest BCUT2D eigenvalue weighted by atomic mass is 19.1. The van der Waals surface area contributed by atoms with Crippen LogP contribution in [0.3, 0.4) is 0 Å². The first-order valence-corrected chi connectivity index (χ1v) is 10.5. The van der Waals surface area contributed by atoms with Crippen molar-refractivity contribution in [3.8, 4) is 11.3 Å². The number of hydrogen-bond acceptors (Lipinski definition) is 3. The second kappa shape index (κ2) is 8.21. The molecule has 0 saturated carbocycles. The van der Waals surface area contributed by atoms with Crippen molar-refractivity contribution in [3.05, 3.63) is 89.6 Å². The van der Waals surface area contributed by atoms with Crippen LogP contribution in [0.25, 0.3) is 22.3 Å². The Labute approximate surface area is 180 Å². The standard InChI is InChI=1S/C25H24F2N4/c1-30-12-13-31(25(16-30)17-2-5-20(26)6-3-17)15-19-14-18(4-7-21(19)27)22-8-9-23-24(29-22)10-11-28-23/h2-11,14,25,28H,12-13,15-16H2,1H3. The summed E-state index contributed by atoms with van der Waals surface area (Å²) in [7, 11) is 2.08. The highest BCUT2D eigenvalue weighted by molar-refractivity contribution is 5.78. The number of H-pyrrole nitrogens is 1. The van der Waals surface area contributed by atoms with Crippen LogP contribution >= 0.6 is 0 Å². The molecule has 2 aromatic carbocycles. The van der Waals surface area contributed by atoms with Crippen LogP contribution in [-0.2, 0) is 6.54 Å². The van der Waals surface area contributed by atoms with Crippen molar-refractivity contribution in [3.63, 3.8) is 0 Å². The van der Waals surface area contributed by atoms with Crippen LogP contribution in [0, 0.1) is 11.6 Å². The van der Waals surface area contributed by atoms with Gasteiger partial charge in [-0.1, -0.05) is 12.1 Å². The monoisotopic (exact) mass is 418 g/mol. The van der Waals surface area contributed by atoms with Gasteiger partial charge in [0.15, 0.2) is 0 Å². The van der Waals surface area contributed by atoms with Crippen LogP contribution in [0.2, 0.25) is 0 Å². The average Bonchev–Trinajstić information content (AvgIpc) is 3.25. The fourth-order valence-corrected chi connectivity index (χ4v) is 4.32. The van der Waals surface area contributed by atoms with Crippen molar-refractivity contribution in [2.75, 3.05) is 26.7 Å². The average molecular weight is 418 g/mol.